The van der Waals surface area contributed by atoms with Gasteiger partial charge in [0.2, 0.25) is 0 Å². The SMILES string of the molecule is CCCCCCCC/C=C/C/C=C/CCC(=O)OC(COC(=O)CCCCC/C=C/CCCCCCCCC)COP(=O)(O)O. The third kappa shape index (κ3) is 35.0. The van der Waals surface area contributed by atoms with Crippen molar-refractivity contribution in [3.8, 4) is 0 Å². The van der Waals surface area contributed by atoms with Crippen LogP contribution in [-0.4, -0.2) is 41.0 Å². The van der Waals surface area contributed by atoms with Gasteiger partial charge in [-0.2, -0.15) is 0 Å². The molecule has 0 heterocycles. The Morgan fingerprint density at radius 2 is 1.04 bits per heavy atom. The first-order valence-corrected chi connectivity index (χ1v) is 19.3. The number of phosphoric acid groups is 1. The maximum Gasteiger partial charge on any atom is 0.469 e. The highest BCUT2D eigenvalue weighted by atomic mass is 31.2. The summed E-state index contributed by atoms with van der Waals surface area (Å²) in [5.74, 6) is -0.983. The van der Waals surface area contributed by atoms with Gasteiger partial charge < -0.3 is 19.3 Å². The molecule has 0 bridgehead atoms. The summed E-state index contributed by atoms with van der Waals surface area (Å²) in [5.41, 5.74) is 0. The van der Waals surface area contributed by atoms with Gasteiger partial charge in [0.15, 0.2) is 6.10 Å². The molecular formula is C36H65O8P. The molecule has 0 saturated carbocycles. The monoisotopic (exact) mass is 656 g/mol. The summed E-state index contributed by atoms with van der Waals surface area (Å²) in [5, 5.41) is 0. The first kappa shape index (κ1) is 43.3. The lowest BCUT2D eigenvalue weighted by Crippen LogP contribution is -2.29. The summed E-state index contributed by atoms with van der Waals surface area (Å²) in [6.07, 6.45) is 36.0. The molecule has 2 N–H and O–H groups in total. The topological polar surface area (TPSA) is 119 Å². The number of ether oxygens (including phenoxy) is 2. The fourth-order valence-corrected chi connectivity index (χ4v) is 5.07. The molecule has 8 nitrogen and oxygen atoms in total. The zero-order valence-electron chi connectivity index (χ0n) is 28.5. The highest BCUT2D eigenvalue weighted by Gasteiger charge is 2.22. The second-order valence-electron chi connectivity index (χ2n) is 11.8. The molecular weight excluding hydrogens is 591 g/mol. The molecule has 0 aromatic rings. The van der Waals surface area contributed by atoms with E-state index in [1.807, 2.05) is 12.2 Å². The van der Waals surface area contributed by atoms with Crippen LogP contribution in [0.4, 0.5) is 0 Å². The van der Waals surface area contributed by atoms with Gasteiger partial charge in [-0.15, -0.1) is 0 Å². The predicted octanol–water partition coefficient (Wildman–Crippen LogP) is 10.2. The first-order valence-electron chi connectivity index (χ1n) is 17.8. The molecule has 0 aromatic heterocycles. The summed E-state index contributed by atoms with van der Waals surface area (Å²) >= 11 is 0. The van der Waals surface area contributed by atoms with Crippen LogP contribution in [0.5, 0.6) is 0 Å². The number of esters is 2. The molecule has 0 amide bonds. The first-order chi connectivity index (χ1) is 21.8. The van der Waals surface area contributed by atoms with E-state index >= 15 is 0 Å². The maximum absolute atomic E-state index is 12.3. The number of hydrogen-bond donors (Lipinski definition) is 2. The normalized spacial score (nSPS) is 12.9. The van der Waals surface area contributed by atoms with Crippen LogP contribution >= 0.6 is 7.82 Å². The van der Waals surface area contributed by atoms with Crippen LogP contribution in [0, 0.1) is 0 Å². The quantitative estimate of drug-likeness (QED) is 0.0318. The van der Waals surface area contributed by atoms with E-state index < -0.39 is 32.5 Å². The third-order valence-corrected chi connectivity index (χ3v) is 7.88. The van der Waals surface area contributed by atoms with E-state index in [1.165, 1.54) is 83.5 Å². The van der Waals surface area contributed by atoms with E-state index in [9.17, 15) is 14.2 Å². The van der Waals surface area contributed by atoms with Gasteiger partial charge in [-0.1, -0.05) is 127 Å². The second kappa shape index (κ2) is 32.2. The van der Waals surface area contributed by atoms with E-state index in [-0.39, 0.29) is 19.4 Å². The molecule has 0 rings (SSSR count). The number of allylic oxidation sites excluding steroid dienone is 6. The van der Waals surface area contributed by atoms with E-state index in [4.69, 9.17) is 19.3 Å². The minimum Gasteiger partial charge on any atom is -0.462 e. The smallest absolute Gasteiger partial charge is 0.462 e. The van der Waals surface area contributed by atoms with Gasteiger partial charge in [0.1, 0.15) is 6.61 Å². The summed E-state index contributed by atoms with van der Waals surface area (Å²) in [6.45, 7) is 3.59. The van der Waals surface area contributed by atoms with Crippen molar-refractivity contribution in [1.29, 1.82) is 0 Å². The van der Waals surface area contributed by atoms with Crippen LogP contribution in [0.15, 0.2) is 36.5 Å². The molecule has 1 unspecified atom stereocenters. The lowest BCUT2D eigenvalue weighted by atomic mass is 10.1. The van der Waals surface area contributed by atoms with Crippen molar-refractivity contribution in [2.24, 2.45) is 0 Å². The van der Waals surface area contributed by atoms with Crippen molar-refractivity contribution < 1.29 is 37.9 Å². The lowest BCUT2D eigenvalue weighted by molar-refractivity contribution is -0.161. The van der Waals surface area contributed by atoms with Crippen molar-refractivity contribution >= 4 is 19.8 Å². The fourth-order valence-electron chi connectivity index (χ4n) is 4.71. The average molecular weight is 657 g/mol. The van der Waals surface area contributed by atoms with Crippen LogP contribution in [-0.2, 0) is 28.2 Å². The van der Waals surface area contributed by atoms with Gasteiger partial charge in [-0.3, -0.25) is 14.1 Å². The highest BCUT2D eigenvalue weighted by Crippen LogP contribution is 2.35. The van der Waals surface area contributed by atoms with Gasteiger partial charge in [-0.25, -0.2) is 4.57 Å². The predicted molar refractivity (Wildman–Crippen MR) is 184 cm³/mol. The number of hydrogen-bond acceptors (Lipinski definition) is 6. The Morgan fingerprint density at radius 1 is 0.578 bits per heavy atom. The molecule has 1 atom stereocenters. The lowest BCUT2D eigenvalue weighted by Gasteiger charge is -2.18. The Kier molecular flexibility index (Phi) is 31.0. The van der Waals surface area contributed by atoms with Crippen LogP contribution in [0.2, 0.25) is 0 Å². The molecule has 262 valence electrons. The minimum atomic E-state index is -4.76. The summed E-state index contributed by atoms with van der Waals surface area (Å²) in [7, 11) is -4.76. The molecule has 45 heavy (non-hydrogen) atoms. The average Bonchev–Trinajstić information content (AvgIpc) is 3.00. The summed E-state index contributed by atoms with van der Waals surface area (Å²) in [6, 6.07) is 0. The van der Waals surface area contributed by atoms with Crippen LogP contribution in [0.1, 0.15) is 162 Å². The Balaban J connectivity index is 4.10. The third-order valence-electron chi connectivity index (χ3n) is 7.39. The molecule has 9 heteroatoms. The molecule has 0 fully saturated rings. The molecule has 0 aliphatic carbocycles. The zero-order valence-corrected chi connectivity index (χ0v) is 29.4. The Labute approximate surface area is 274 Å². The van der Waals surface area contributed by atoms with Gasteiger partial charge in [0, 0.05) is 12.8 Å². The molecule has 0 aromatic carbocycles. The maximum atomic E-state index is 12.3. The number of rotatable bonds is 32. The Morgan fingerprint density at radius 3 is 1.58 bits per heavy atom. The second-order valence-corrected chi connectivity index (χ2v) is 13.1. The van der Waals surface area contributed by atoms with Crippen LogP contribution in [0.3, 0.4) is 0 Å². The highest BCUT2D eigenvalue weighted by molar-refractivity contribution is 7.46. The van der Waals surface area contributed by atoms with Crippen LogP contribution < -0.4 is 0 Å². The standard InChI is InChI=1S/C36H65O8P/c1-3-5-7-9-11-13-15-17-19-20-22-24-26-28-30-35(37)42-32-34(33-43-45(39,40)41)44-36(38)31-29-27-25-23-21-18-16-14-12-10-8-6-4-2/h18-21,25,27,34H,3-17,22-24,26,28-33H2,1-2H3,(H2,39,40,41)/b20-19+,21-18+,27-25+. The molecule has 0 aliphatic heterocycles. The number of phosphoric ester groups is 1. The van der Waals surface area contributed by atoms with Crippen molar-refractivity contribution in [3.05, 3.63) is 36.5 Å². The molecule has 0 spiro atoms. The zero-order chi connectivity index (χ0) is 33.3. The number of carbonyl (C=O) groups excluding carboxylic acids is 2. The Hall–Kier alpha value is -1.73. The number of carbonyl (C=O) groups is 2. The summed E-state index contributed by atoms with van der Waals surface area (Å²) < 4.78 is 26.1. The van der Waals surface area contributed by atoms with Gasteiger partial charge in [-0.05, 0) is 57.8 Å². The van der Waals surface area contributed by atoms with Crippen molar-refractivity contribution in [3.63, 3.8) is 0 Å². The van der Waals surface area contributed by atoms with Crippen molar-refractivity contribution in [2.45, 2.75) is 168 Å². The van der Waals surface area contributed by atoms with E-state index in [1.54, 1.807) is 0 Å². The minimum absolute atomic E-state index is 0.103. The van der Waals surface area contributed by atoms with Crippen LogP contribution in [0.25, 0.3) is 0 Å². The number of unbranched alkanes of at least 4 members (excludes halogenated alkanes) is 16. The molecule has 0 saturated heterocycles. The van der Waals surface area contributed by atoms with E-state index in [0.29, 0.717) is 12.8 Å². The molecule has 0 aliphatic rings. The van der Waals surface area contributed by atoms with E-state index in [2.05, 4.69) is 42.7 Å². The molecule has 0 radical (unpaired) electrons. The fraction of sp³-hybridized carbons (Fsp3) is 0.778. The van der Waals surface area contributed by atoms with Crippen molar-refractivity contribution in [1.82, 2.24) is 0 Å². The van der Waals surface area contributed by atoms with Gasteiger partial charge in [0.25, 0.3) is 0 Å². The van der Waals surface area contributed by atoms with Gasteiger partial charge >= 0.3 is 19.8 Å². The van der Waals surface area contributed by atoms with E-state index in [0.717, 1.165) is 38.5 Å². The summed E-state index contributed by atoms with van der Waals surface area (Å²) in [4.78, 5) is 42.5. The van der Waals surface area contributed by atoms with Crippen molar-refractivity contribution in [2.75, 3.05) is 13.2 Å². The van der Waals surface area contributed by atoms with Gasteiger partial charge in [0.05, 0.1) is 6.61 Å². The Bertz CT molecular complexity index is 833. The largest absolute Gasteiger partial charge is 0.469 e.